The van der Waals surface area contributed by atoms with Gasteiger partial charge in [-0.15, -0.1) is 0 Å². The van der Waals surface area contributed by atoms with E-state index >= 15 is 0 Å². The van der Waals surface area contributed by atoms with E-state index in [1.807, 2.05) is 0 Å². The van der Waals surface area contributed by atoms with Crippen LogP contribution in [0.3, 0.4) is 0 Å². The number of methoxy groups -OCH3 is 1. The van der Waals surface area contributed by atoms with Crippen LogP contribution in [0.15, 0.2) is 71.6 Å². The normalized spacial score (nSPS) is 11.0. The lowest BCUT2D eigenvalue weighted by atomic mass is 10.1. The number of anilines is 2. The van der Waals surface area contributed by atoms with Crippen molar-refractivity contribution >= 4 is 44.6 Å². The second-order valence-electron chi connectivity index (χ2n) is 6.90. The summed E-state index contributed by atoms with van der Waals surface area (Å²) in [5, 5.41) is 14.0. The predicted molar refractivity (Wildman–Crippen MR) is 125 cm³/mol. The monoisotopic (exact) mass is 489 g/mol. The van der Waals surface area contributed by atoms with Crippen LogP contribution < -0.4 is 14.4 Å². The Balaban J connectivity index is 2.03. The third-order valence-corrected chi connectivity index (χ3v) is 6.81. The summed E-state index contributed by atoms with van der Waals surface area (Å²) in [6.07, 6.45) is 0. The molecule has 9 nitrogen and oxygen atoms in total. The van der Waals surface area contributed by atoms with Crippen LogP contribution in [0.25, 0.3) is 0 Å². The molecule has 0 radical (unpaired) electrons. The van der Waals surface area contributed by atoms with Gasteiger partial charge in [-0.05, 0) is 43.3 Å². The Kier molecular flexibility index (Phi) is 7.19. The number of nitrogens with zero attached hydrogens (tertiary/aromatic N) is 2. The van der Waals surface area contributed by atoms with Crippen molar-refractivity contribution in [1.82, 2.24) is 0 Å². The summed E-state index contributed by atoms with van der Waals surface area (Å²) in [5.74, 6) is -0.515. The summed E-state index contributed by atoms with van der Waals surface area (Å²) >= 11 is 6.11. The number of rotatable bonds is 8. The molecule has 172 valence electrons. The quantitative estimate of drug-likeness (QED) is 0.370. The van der Waals surface area contributed by atoms with Crippen molar-refractivity contribution in [2.24, 2.45) is 0 Å². The summed E-state index contributed by atoms with van der Waals surface area (Å²) < 4.78 is 33.1. The molecule has 0 saturated heterocycles. The minimum atomic E-state index is -4.20. The van der Waals surface area contributed by atoms with Crippen LogP contribution in [0.1, 0.15) is 5.56 Å². The van der Waals surface area contributed by atoms with Gasteiger partial charge >= 0.3 is 0 Å². The van der Waals surface area contributed by atoms with Crippen LogP contribution in [0.4, 0.5) is 17.1 Å². The number of nitrogens with one attached hydrogen (secondary N) is 1. The SMILES string of the molecule is COc1ccc(Cl)cc1N(CC(=O)Nc1cccc([N+](=O)[O-])c1C)S(=O)(=O)c1ccccc1. The number of hydrogen-bond donors (Lipinski definition) is 1. The van der Waals surface area contributed by atoms with Crippen molar-refractivity contribution in [2.75, 3.05) is 23.3 Å². The maximum atomic E-state index is 13.5. The van der Waals surface area contributed by atoms with Crippen molar-refractivity contribution in [1.29, 1.82) is 0 Å². The minimum absolute atomic E-state index is 0.0358. The molecule has 0 heterocycles. The molecule has 0 aliphatic rings. The summed E-state index contributed by atoms with van der Waals surface area (Å²) in [6, 6.07) is 16.2. The maximum Gasteiger partial charge on any atom is 0.274 e. The molecule has 0 bridgehead atoms. The minimum Gasteiger partial charge on any atom is -0.495 e. The Morgan fingerprint density at radius 2 is 1.82 bits per heavy atom. The van der Waals surface area contributed by atoms with E-state index < -0.39 is 27.4 Å². The highest BCUT2D eigenvalue weighted by atomic mass is 35.5. The molecule has 0 saturated carbocycles. The van der Waals surface area contributed by atoms with E-state index in [1.165, 1.54) is 62.6 Å². The summed E-state index contributed by atoms with van der Waals surface area (Å²) in [6.45, 7) is 0.863. The summed E-state index contributed by atoms with van der Waals surface area (Å²) in [7, 11) is -2.83. The molecule has 3 aromatic carbocycles. The number of ether oxygens (including phenoxy) is 1. The van der Waals surface area contributed by atoms with E-state index in [0.717, 1.165) is 4.31 Å². The second-order valence-corrected chi connectivity index (χ2v) is 9.19. The third kappa shape index (κ3) is 5.24. The van der Waals surface area contributed by atoms with Crippen molar-refractivity contribution in [3.8, 4) is 5.75 Å². The first-order valence-electron chi connectivity index (χ1n) is 9.60. The molecule has 0 aliphatic carbocycles. The van der Waals surface area contributed by atoms with Crippen LogP contribution in [-0.4, -0.2) is 32.9 Å². The topological polar surface area (TPSA) is 119 Å². The van der Waals surface area contributed by atoms with Crippen molar-refractivity contribution < 1.29 is 22.9 Å². The lowest BCUT2D eigenvalue weighted by molar-refractivity contribution is -0.385. The third-order valence-electron chi connectivity index (χ3n) is 4.80. The van der Waals surface area contributed by atoms with Gasteiger partial charge in [0.15, 0.2) is 0 Å². The predicted octanol–water partition coefficient (Wildman–Crippen LogP) is 4.40. The molecule has 0 aromatic heterocycles. The van der Waals surface area contributed by atoms with E-state index in [0.29, 0.717) is 0 Å². The number of sulfonamides is 1. The second kappa shape index (κ2) is 9.88. The van der Waals surface area contributed by atoms with Crippen molar-refractivity contribution in [2.45, 2.75) is 11.8 Å². The van der Waals surface area contributed by atoms with Crippen LogP contribution >= 0.6 is 11.6 Å². The number of benzene rings is 3. The first-order chi connectivity index (χ1) is 15.6. The largest absolute Gasteiger partial charge is 0.495 e. The number of amides is 1. The number of carbonyl (C=O) groups excluding carboxylic acids is 1. The first-order valence-corrected chi connectivity index (χ1v) is 11.4. The van der Waals surface area contributed by atoms with Crippen LogP contribution in [0.5, 0.6) is 5.75 Å². The molecular formula is C22H20ClN3O6S. The van der Waals surface area contributed by atoms with Crippen molar-refractivity contribution in [3.63, 3.8) is 0 Å². The lowest BCUT2D eigenvalue weighted by Gasteiger charge is -2.26. The van der Waals surface area contributed by atoms with E-state index in [4.69, 9.17) is 16.3 Å². The van der Waals surface area contributed by atoms with Crippen molar-refractivity contribution in [3.05, 3.63) is 87.4 Å². The van der Waals surface area contributed by atoms with Gasteiger partial charge in [0.1, 0.15) is 12.3 Å². The fraction of sp³-hybridized carbons (Fsp3) is 0.136. The van der Waals surface area contributed by atoms with E-state index in [-0.39, 0.29) is 38.3 Å². The van der Waals surface area contributed by atoms with Gasteiger partial charge in [0.05, 0.1) is 33.9 Å². The van der Waals surface area contributed by atoms with Gasteiger partial charge in [0.25, 0.3) is 15.7 Å². The number of nitro groups is 1. The molecule has 0 fully saturated rings. The average molecular weight is 490 g/mol. The highest BCUT2D eigenvalue weighted by Gasteiger charge is 2.30. The van der Waals surface area contributed by atoms with Gasteiger partial charge in [-0.25, -0.2) is 8.42 Å². The number of carbonyl (C=O) groups is 1. The number of hydrogen-bond acceptors (Lipinski definition) is 6. The number of nitro benzene ring substituents is 1. The molecule has 0 unspecified atom stereocenters. The van der Waals surface area contributed by atoms with Crippen LogP contribution in [0.2, 0.25) is 5.02 Å². The molecule has 0 atom stereocenters. The van der Waals surface area contributed by atoms with Crippen LogP contribution in [0, 0.1) is 17.0 Å². The average Bonchev–Trinajstić information content (AvgIpc) is 2.79. The molecule has 1 amide bonds. The van der Waals surface area contributed by atoms with E-state index in [9.17, 15) is 23.3 Å². The van der Waals surface area contributed by atoms with E-state index in [2.05, 4.69) is 5.32 Å². The van der Waals surface area contributed by atoms with Gasteiger partial charge in [-0.1, -0.05) is 35.9 Å². The fourth-order valence-corrected chi connectivity index (χ4v) is 4.76. The first kappa shape index (κ1) is 24.0. The van der Waals surface area contributed by atoms with Gasteiger partial charge in [-0.3, -0.25) is 19.2 Å². The standard InChI is InChI=1S/C22H20ClN3O6S/c1-15-18(9-6-10-19(15)26(28)29)24-22(27)14-25(20-13-16(23)11-12-21(20)32-2)33(30,31)17-7-4-3-5-8-17/h3-13H,14H2,1-2H3,(H,24,27). The smallest absolute Gasteiger partial charge is 0.274 e. The van der Waals surface area contributed by atoms with Gasteiger partial charge in [-0.2, -0.15) is 0 Å². The Bertz CT molecular complexity index is 1300. The lowest BCUT2D eigenvalue weighted by Crippen LogP contribution is -2.38. The Labute approximate surface area is 195 Å². The zero-order chi connectivity index (χ0) is 24.2. The summed E-state index contributed by atoms with van der Waals surface area (Å²) in [4.78, 5) is 23.5. The molecule has 11 heteroatoms. The van der Waals surface area contributed by atoms with Gasteiger partial charge < -0.3 is 10.1 Å². The zero-order valence-corrected chi connectivity index (χ0v) is 19.3. The van der Waals surface area contributed by atoms with E-state index in [1.54, 1.807) is 18.2 Å². The molecule has 1 N–H and O–H groups in total. The molecule has 3 rings (SSSR count). The van der Waals surface area contributed by atoms with Crippen LogP contribution in [-0.2, 0) is 14.8 Å². The molecular weight excluding hydrogens is 470 g/mol. The Hall–Kier alpha value is -3.63. The molecule has 33 heavy (non-hydrogen) atoms. The highest BCUT2D eigenvalue weighted by molar-refractivity contribution is 7.92. The molecule has 0 spiro atoms. The maximum absolute atomic E-state index is 13.5. The van der Waals surface area contributed by atoms with Gasteiger partial charge in [0.2, 0.25) is 5.91 Å². The molecule has 3 aromatic rings. The Morgan fingerprint density at radius 1 is 1.12 bits per heavy atom. The molecule has 0 aliphatic heterocycles. The zero-order valence-electron chi connectivity index (χ0n) is 17.7. The highest BCUT2D eigenvalue weighted by Crippen LogP contribution is 2.35. The Morgan fingerprint density at radius 3 is 2.45 bits per heavy atom. The van der Waals surface area contributed by atoms with Gasteiger partial charge in [0, 0.05) is 11.1 Å². The fourth-order valence-electron chi connectivity index (χ4n) is 3.15. The number of halogens is 1. The summed E-state index contributed by atoms with van der Waals surface area (Å²) in [5.41, 5.74) is 0.343.